The van der Waals surface area contributed by atoms with Gasteiger partial charge in [-0.15, -0.1) is 0 Å². The van der Waals surface area contributed by atoms with Gasteiger partial charge in [-0.1, -0.05) is 74.0 Å². The Hall–Kier alpha value is -1.85. The SMILES string of the molecule is CCCCCCCC(=O)N(Cc1ccc(Cl)cc1Cl)[C@@H]1CC(C(=O)NCCO)=C[C@H](Oc2ccccc2I)[C@H]1O. The first-order chi connectivity index (χ1) is 19.2. The molecule has 0 fully saturated rings. The molecule has 1 aliphatic rings. The molecule has 3 rings (SSSR count). The first-order valence-corrected chi connectivity index (χ1v) is 15.5. The molecule has 0 aliphatic heterocycles. The van der Waals surface area contributed by atoms with Gasteiger partial charge >= 0.3 is 0 Å². The molecule has 10 heteroatoms. The monoisotopic (exact) mass is 702 g/mol. The maximum atomic E-state index is 13.7. The minimum absolute atomic E-state index is 0.0896. The summed E-state index contributed by atoms with van der Waals surface area (Å²) in [7, 11) is 0. The van der Waals surface area contributed by atoms with Crippen LogP contribution in [-0.4, -0.2) is 58.3 Å². The number of hydrogen-bond acceptors (Lipinski definition) is 5. The molecule has 3 atom stereocenters. The van der Waals surface area contributed by atoms with Gasteiger partial charge in [0, 0.05) is 41.5 Å². The zero-order valence-electron chi connectivity index (χ0n) is 22.6. The fraction of sp³-hybridized carbons (Fsp3) is 0.467. The molecule has 3 N–H and O–H groups in total. The standard InChI is InChI=1S/C30H37Cl2IN2O5/c1-2-3-4-5-6-11-28(37)35(19-20-12-13-22(31)18-23(20)32)25-16-21(30(39)34-14-15-36)17-27(29(25)38)40-26-10-8-7-9-24(26)33/h7-10,12-13,17-18,25,27,29,36,38H,2-6,11,14-16,19H2,1H3,(H,34,39)/t25-,27+,29+/m1/s1. The normalized spacial score (nSPS) is 18.6. The predicted molar refractivity (Wildman–Crippen MR) is 167 cm³/mol. The maximum Gasteiger partial charge on any atom is 0.247 e. The molecule has 0 aromatic heterocycles. The van der Waals surface area contributed by atoms with E-state index in [9.17, 15) is 19.8 Å². The molecule has 0 unspecified atom stereocenters. The zero-order valence-corrected chi connectivity index (χ0v) is 26.3. The van der Waals surface area contributed by atoms with E-state index in [0.29, 0.717) is 33.4 Å². The lowest BCUT2D eigenvalue weighted by molar-refractivity contribution is -0.139. The average molecular weight is 703 g/mol. The molecule has 0 saturated carbocycles. The van der Waals surface area contributed by atoms with Crippen LogP contribution in [-0.2, 0) is 16.1 Å². The summed E-state index contributed by atoms with van der Waals surface area (Å²) in [6.45, 7) is 2.17. The van der Waals surface area contributed by atoms with Crippen molar-refractivity contribution < 1.29 is 24.5 Å². The smallest absolute Gasteiger partial charge is 0.247 e. The van der Waals surface area contributed by atoms with Gasteiger partial charge in [0.25, 0.3) is 0 Å². The molecule has 2 amide bonds. The van der Waals surface area contributed by atoms with Crippen LogP contribution in [0.5, 0.6) is 5.75 Å². The Labute approximate surface area is 260 Å². The Kier molecular flexibility index (Phi) is 13.5. The Balaban J connectivity index is 1.94. The van der Waals surface area contributed by atoms with Crippen molar-refractivity contribution in [3.63, 3.8) is 0 Å². The molecule has 218 valence electrons. The third-order valence-corrected chi connectivity index (χ3v) is 8.36. The average Bonchev–Trinajstić information content (AvgIpc) is 2.93. The number of amides is 2. The molecule has 7 nitrogen and oxygen atoms in total. The number of carbonyl (C=O) groups is 2. The first-order valence-electron chi connectivity index (χ1n) is 13.7. The van der Waals surface area contributed by atoms with Crippen molar-refractivity contribution in [2.24, 2.45) is 0 Å². The molecule has 2 aromatic carbocycles. The number of halogens is 3. The van der Waals surface area contributed by atoms with Crippen LogP contribution in [0, 0.1) is 3.57 Å². The zero-order chi connectivity index (χ0) is 29.1. The van der Waals surface area contributed by atoms with Crippen molar-refractivity contribution in [2.75, 3.05) is 13.2 Å². The van der Waals surface area contributed by atoms with E-state index in [2.05, 4.69) is 34.8 Å². The Morgan fingerprint density at radius 2 is 1.88 bits per heavy atom. The maximum absolute atomic E-state index is 13.7. The number of benzene rings is 2. The summed E-state index contributed by atoms with van der Waals surface area (Å²) in [5, 5.41) is 24.4. The van der Waals surface area contributed by atoms with Crippen molar-refractivity contribution >= 4 is 57.6 Å². The first kappa shape index (κ1) is 32.7. The second kappa shape index (κ2) is 16.6. The molecule has 0 heterocycles. The molecular weight excluding hydrogens is 666 g/mol. The number of hydrogen-bond donors (Lipinski definition) is 3. The van der Waals surface area contributed by atoms with Crippen LogP contribution < -0.4 is 10.1 Å². The lowest BCUT2D eigenvalue weighted by Crippen LogP contribution is -2.54. The van der Waals surface area contributed by atoms with Gasteiger partial charge < -0.3 is 25.2 Å². The molecule has 2 aromatic rings. The number of nitrogens with one attached hydrogen (secondary N) is 1. The lowest BCUT2D eigenvalue weighted by atomic mass is 9.87. The highest BCUT2D eigenvalue weighted by atomic mass is 127. The van der Waals surface area contributed by atoms with Gasteiger partial charge in [-0.25, -0.2) is 0 Å². The number of nitrogens with zero attached hydrogens (tertiary/aromatic N) is 1. The van der Waals surface area contributed by atoms with Gasteiger partial charge in [-0.2, -0.15) is 0 Å². The van der Waals surface area contributed by atoms with E-state index in [1.54, 1.807) is 35.2 Å². The van der Waals surface area contributed by atoms with Crippen molar-refractivity contribution in [1.82, 2.24) is 10.2 Å². The number of ether oxygens (including phenoxy) is 1. The van der Waals surface area contributed by atoms with Gasteiger partial charge in [-0.05, 0) is 64.9 Å². The highest BCUT2D eigenvalue weighted by Crippen LogP contribution is 2.32. The number of para-hydroxylation sites is 1. The largest absolute Gasteiger partial charge is 0.482 e. The summed E-state index contributed by atoms with van der Waals surface area (Å²) >= 11 is 14.8. The van der Waals surface area contributed by atoms with E-state index >= 15 is 0 Å². The van der Waals surface area contributed by atoms with Gasteiger partial charge in [0.15, 0.2) is 0 Å². The van der Waals surface area contributed by atoms with Gasteiger partial charge in [0.1, 0.15) is 18.0 Å². The molecule has 40 heavy (non-hydrogen) atoms. The van der Waals surface area contributed by atoms with E-state index in [1.807, 2.05) is 18.2 Å². The summed E-state index contributed by atoms with van der Waals surface area (Å²) < 4.78 is 7.06. The number of aliphatic hydroxyl groups is 2. The van der Waals surface area contributed by atoms with Crippen molar-refractivity contribution in [1.29, 1.82) is 0 Å². The van der Waals surface area contributed by atoms with Crippen molar-refractivity contribution in [3.8, 4) is 5.75 Å². The summed E-state index contributed by atoms with van der Waals surface area (Å²) in [5.74, 6) is 0.0594. The quantitative estimate of drug-likeness (QED) is 0.168. The van der Waals surface area contributed by atoms with Crippen molar-refractivity contribution in [2.45, 2.75) is 76.7 Å². The second-order valence-electron chi connectivity index (χ2n) is 9.87. The Morgan fingerprint density at radius 3 is 2.58 bits per heavy atom. The highest BCUT2D eigenvalue weighted by Gasteiger charge is 2.40. The molecule has 0 saturated heterocycles. The van der Waals surface area contributed by atoms with Crippen LogP contribution in [0.1, 0.15) is 57.4 Å². The van der Waals surface area contributed by atoms with Crippen LogP contribution in [0.25, 0.3) is 0 Å². The molecule has 0 spiro atoms. The van der Waals surface area contributed by atoms with E-state index in [1.165, 1.54) is 0 Å². The third kappa shape index (κ3) is 9.34. The fourth-order valence-electron chi connectivity index (χ4n) is 4.71. The molecule has 0 radical (unpaired) electrons. The van der Waals surface area contributed by atoms with Crippen LogP contribution in [0.4, 0.5) is 0 Å². The fourth-order valence-corrected chi connectivity index (χ4v) is 5.70. The Morgan fingerprint density at radius 1 is 1.12 bits per heavy atom. The highest BCUT2D eigenvalue weighted by molar-refractivity contribution is 14.1. The Bertz CT molecular complexity index is 1180. The van der Waals surface area contributed by atoms with E-state index in [4.69, 9.17) is 27.9 Å². The van der Waals surface area contributed by atoms with Gasteiger partial charge in [-0.3, -0.25) is 9.59 Å². The van der Waals surface area contributed by atoms with Crippen LogP contribution >= 0.6 is 45.8 Å². The van der Waals surface area contributed by atoms with Crippen LogP contribution in [0.2, 0.25) is 10.0 Å². The van der Waals surface area contributed by atoms with Crippen LogP contribution in [0.15, 0.2) is 54.1 Å². The minimum atomic E-state index is -1.11. The summed E-state index contributed by atoms with van der Waals surface area (Å²) in [4.78, 5) is 28.4. The number of carbonyl (C=O) groups excluding carboxylic acids is 2. The molecular formula is C30H37Cl2IN2O5. The van der Waals surface area contributed by atoms with Crippen LogP contribution in [0.3, 0.4) is 0 Å². The number of aliphatic hydroxyl groups excluding tert-OH is 2. The summed E-state index contributed by atoms with van der Waals surface area (Å²) in [5.41, 5.74) is 1.07. The van der Waals surface area contributed by atoms with E-state index in [0.717, 1.165) is 35.7 Å². The predicted octanol–water partition coefficient (Wildman–Crippen LogP) is 5.90. The lowest BCUT2D eigenvalue weighted by Gasteiger charge is -2.41. The minimum Gasteiger partial charge on any atom is -0.482 e. The van der Waals surface area contributed by atoms with E-state index in [-0.39, 0.29) is 37.9 Å². The molecule has 0 bridgehead atoms. The molecule has 1 aliphatic carbocycles. The second-order valence-corrected chi connectivity index (χ2v) is 11.9. The third-order valence-electron chi connectivity index (χ3n) is 6.88. The summed E-state index contributed by atoms with van der Waals surface area (Å²) in [6, 6.07) is 11.8. The summed E-state index contributed by atoms with van der Waals surface area (Å²) in [6.07, 6.45) is 5.01. The van der Waals surface area contributed by atoms with Gasteiger partial charge in [0.05, 0.1) is 16.2 Å². The van der Waals surface area contributed by atoms with E-state index < -0.39 is 18.2 Å². The van der Waals surface area contributed by atoms with Crippen molar-refractivity contribution in [3.05, 3.63) is 73.3 Å². The number of rotatable bonds is 14. The topological polar surface area (TPSA) is 99.1 Å². The van der Waals surface area contributed by atoms with Gasteiger partial charge in [0.2, 0.25) is 11.8 Å². The number of unbranched alkanes of at least 4 members (excludes halogenated alkanes) is 4.